The molecule has 1 fully saturated rings. The van der Waals surface area contributed by atoms with Crippen molar-refractivity contribution >= 4 is 29.0 Å². The number of carbonyl (C=O) groups excluding carboxylic acids is 1. The first-order valence-electron chi connectivity index (χ1n) is 11.4. The minimum absolute atomic E-state index is 0.0470. The lowest BCUT2D eigenvalue weighted by molar-refractivity contribution is -0.121. The monoisotopic (exact) mass is 418 g/mol. The van der Waals surface area contributed by atoms with Gasteiger partial charge in [0.25, 0.3) is 5.91 Å². The second-order valence-corrected chi connectivity index (χ2v) is 11.7. The molecule has 4 heteroatoms. The summed E-state index contributed by atoms with van der Waals surface area (Å²) >= 11 is 1.71. The largest absolute Gasteiger partial charge is 0.358 e. The van der Waals surface area contributed by atoms with Crippen molar-refractivity contribution < 1.29 is 4.79 Å². The summed E-state index contributed by atoms with van der Waals surface area (Å²) in [5.41, 5.74) is 6.11. The number of rotatable bonds is 0. The van der Waals surface area contributed by atoms with E-state index >= 15 is 0 Å². The highest BCUT2D eigenvalue weighted by Crippen LogP contribution is 2.64. The molecule has 3 nitrogen and oxygen atoms in total. The van der Waals surface area contributed by atoms with Gasteiger partial charge in [0.1, 0.15) is 0 Å². The number of para-hydroxylation sites is 1. The highest BCUT2D eigenvalue weighted by molar-refractivity contribution is 8.01. The predicted molar refractivity (Wildman–Crippen MR) is 124 cm³/mol. The SMILES string of the molecule is Cc1cc2c3c(c1)C1(Nc4ccccc4S1)C(=O)N3C1(CCCCCC1)CC2(C)C. The Morgan fingerprint density at radius 3 is 2.43 bits per heavy atom. The fourth-order valence-electron chi connectivity index (χ4n) is 6.67. The van der Waals surface area contributed by atoms with E-state index in [2.05, 4.69) is 67.4 Å². The van der Waals surface area contributed by atoms with Crippen LogP contribution in [0.4, 0.5) is 11.4 Å². The third-order valence-electron chi connectivity index (χ3n) is 7.83. The first-order valence-corrected chi connectivity index (χ1v) is 12.2. The molecule has 2 aromatic rings. The zero-order chi connectivity index (χ0) is 20.7. The molecule has 4 aliphatic rings. The van der Waals surface area contributed by atoms with Gasteiger partial charge in [-0.2, -0.15) is 0 Å². The van der Waals surface area contributed by atoms with E-state index in [1.54, 1.807) is 11.8 Å². The number of carbonyl (C=O) groups is 1. The number of anilines is 2. The van der Waals surface area contributed by atoms with Crippen LogP contribution >= 0.6 is 11.8 Å². The van der Waals surface area contributed by atoms with E-state index < -0.39 is 4.87 Å². The number of hydrogen-bond acceptors (Lipinski definition) is 3. The predicted octanol–water partition coefficient (Wildman–Crippen LogP) is 6.49. The van der Waals surface area contributed by atoms with Crippen molar-refractivity contribution in [3.05, 3.63) is 53.1 Å². The minimum atomic E-state index is -0.723. The number of nitrogens with one attached hydrogen (secondary N) is 1. The van der Waals surface area contributed by atoms with Crippen LogP contribution in [0.25, 0.3) is 0 Å². The Balaban J connectivity index is 1.61. The molecule has 1 unspecified atom stereocenters. The molecule has 3 heterocycles. The van der Waals surface area contributed by atoms with Crippen LogP contribution in [0, 0.1) is 6.92 Å². The van der Waals surface area contributed by atoms with Crippen molar-refractivity contribution in [3.63, 3.8) is 0 Å². The van der Waals surface area contributed by atoms with Crippen LogP contribution in [0.15, 0.2) is 41.3 Å². The van der Waals surface area contributed by atoms with Crippen molar-refractivity contribution in [2.75, 3.05) is 10.2 Å². The van der Waals surface area contributed by atoms with Crippen LogP contribution in [-0.2, 0) is 15.1 Å². The van der Waals surface area contributed by atoms with Gasteiger partial charge in [-0.1, -0.05) is 81.1 Å². The molecule has 2 spiro atoms. The van der Waals surface area contributed by atoms with Gasteiger partial charge in [0.15, 0.2) is 4.87 Å². The van der Waals surface area contributed by atoms with Crippen molar-refractivity contribution in [1.82, 2.24) is 0 Å². The van der Waals surface area contributed by atoms with E-state index in [9.17, 15) is 4.79 Å². The minimum Gasteiger partial charge on any atom is -0.358 e. The van der Waals surface area contributed by atoms with Crippen LogP contribution < -0.4 is 10.2 Å². The second-order valence-electron chi connectivity index (χ2n) is 10.5. The summed E-state index contributed by atoms with van der Waals surface area (Å²) < 4.78 is 0. The maximum Gasteiger partial charge on any atom is 0.268 e. The van der Waals surface area contributed by atoms with Gasteiger partial charge in [-0.25, -0.2) is 0 Å². The lowest BCUT2D eigenvalue weighted by Gasteiger charge is -2.52. The third kappa shape index (κ3) is 2.32. The summed E-state index contributed by atoms with van der Waals surface area (Å²) in [6, 6.07) is 13.0. The normalized spacial score (nSPS) is 27.7. The van der Waals surface area contributed by atoms with Gasteiger partial charge in [0, 0.05) is 21.7 Å². The molecular weight excluding hydrogens is 388 g/mol. The molecule has 30 heavy (non-hydrogen) atoms. The molecule has 156 valence electrons. The lowest BCUT2D eigenvalue weighted by atomic mass is 9.66. The molecule has 1 saturated carbocycles. The van der Waals surface area contributed by atoms with Crippen molar-refractivity contribution in [1.29, 1.82) is 0 Å². The molecule has 1 aliphatic carbocycles. The summed E-state index contributed by atoms with van der Waals surface area (Å²) in [6.07, 6.45) is 8.36. The summed E-state index contributed by atoms with van der Waals surface area (Å²) in [5, 5.41) is 3.70. The Labute approximate surface area is 183 Å². The Kier molecular flexibility index (Phi) is 3.80. The Hall–Kier alpha value is -1.94. The maximum atomic E-state index is 14.4. The summed E-state index contributed by atoms with van der Waals surface area (Å²) in [5.74, 6) is 0.253. The van der Waals surface area contributed by atoms with Crippen molar-refractivity contribution in [2.45, 2.75) is 86.4 Å². The fraction of sp³-hybridized carbons (Fsp3) is 0.500. The van der Waals surface area contributed by atoms with Gasteiger partial charge in [-0.15, -0.1) is 0 Å². The van der Waals surface area contributed by atoms with E-state index in [0.717, 1.165) is 24.9 Å². The standard InChI is InChI=1S/C26H30N2OS/c1-17-14-18-22-19(15-17)26(27-20-10-6-7-11-21(20)30-26)23(29)28(22)25(16-24(18,2)3)12-8-4-5-9-13-25/h6-7,10-11,14-15,27H,4-5,8-9,12-13,16H2,1-3H3. The van der Waals surface area contributed by atoms with E-state index in [0.29, 0.717) is 0 Å². The van der Waals surface area contributed by atoms with Gasteiger partial charge in [-0.3, -0.25) is 4.79 Å². The number of fused-ring (bicyclic) bond motifs is 3. The summed E-state index contributed by atoms with van der Waals surface area (Å²) in [7, 11) is 0. The molecule has 0 radical (unpaired) electrons. The van der Waals surface area contributed by atoms with Crippen molar-refractivity contribution in [2.24, 2.45) is 0 Å². The van der Waals surface area contributed by atoms with Gasteiger partial charge in [0.2, 0.25) is 0 Å². The molecule has 1 atom stereocenters. The molecule has 1 amide bonds. The van der Waals surface area contributed by atoms with Crippen LogP contribution in [0.1, 0.15) is 75.5 Å². The van der Waals surface area contributed by atoms with E-state index in [4.69, 9.17) is 0 Å². The number of amides is 1. The molecule has 0 bridgehead atoms. The van der Waals surface area contributed by atoms with Gasteiger partial charge < -0.3 is 10.2 Å². The second kappa shape index (κ2) is 6.06. The average Bonchev–Trinajstić information content (AvgIpc) is 3.10. The molecule has 1 N–H and O–H groups in total. The number of aryl methyl sites for hydroxylation is 1. The zero-order valence-corrected chi connectivity index (χ0v) is 19.0. The lowest BCUT2D eigenvalue weighted by Crippen LogP contribution is -2.59. The van der Waals surface area contributed by atoms with Gasteiger partial charge in [-0.05, 0) is 49.3 Å². The van der Waals surface area contributed by atoms with Crippen LogP contribution in [0.5, 0.6) is 0 Å². The number of hydrogen-bond donors (Lipinski definition) is 1. The smallest absolute Gasteiger partial charge is 0.268 e. The summed E-state index contributed by atoms with van der Waals surface area (Å²) in [6.45, 7) is 6.97. The van der Waals surface area contributed by atoms with Crippen LogP contribution in [0.2, 0.25) is 0 Å². The van der Waals surface area contributed by atoms with E-state index in [1.165, 1.54) is 53.0 Å². The first-order chi connectivity index (χ1) is 14.4. The Morgan fingerprint density at radius 1 is 1.00 bits per heavy atom. The summed E-state index contributed by atoms with van der Waals surface area (Å²) in [4.78, 5) is 17.2. The molecule has 0 aromatic heterocycles. The first kappa shape index (κ1) is 18.8. The quantitative estimate of drug-likeness (QED) is 0.531. The Morgan fingerprint density at radius 2 is 1.70 bits per heavy atom. The molecule has 3 aliphatic heterocycles. The highest BCUT2D eigenvalue weighted by Gasteiger charge is 2.63. The van der Waals surface area contributed by atoms with Crippen LogP contribution in [-0.4, -0.2) is 11.4 Å². The number of benzene rings is 2. The molecular formula is C26H30N2OS. The zero-order valence-electron chi connectivity index (χ0n) is 18.2. The Bertz CT molecular complexity index is 1040. The molecule has 0 saturated heterocycles. The van der Waals surface area contributed by atoms with Gasteiger partial charge >= 0.3 is 0 Å². The van der Waals surface area contributed by atoms with E-state index in [-0.39, 0.29) is 16.9 Å². The number of nitrogens with zero attached hydrogens (tertiary/aromatic N) is 1. The fourth-order valence-corrected chi connectivity index (χ4v) is 7.98. The molecule has 2 aromatic carbocycles. The molecule has 6 rings (SSSR count). The average molecular weight is 419 g/mol. The maximum absolute atomic E-state index is 14.4. The topological polar surface area (TPSA) is 32.3 Å². The third-order valence-corrected chi connectivity index (χ3v) is 9.21. The number of thioether (sulfide) groups is 1. The van der Waals surface area contributed by atoms with E-state index in [1.807, 2.05) is 0 Å². The van der Waals surface area contributed by atoms with Gasteiger partial charge in [0.05, 0.1) is 5.69 Å². The highest BCUT2D eigenvalue weighted by atomic mass is 32.2. The van der Waals surface area contributed by atoms with Crippen molar-refractivity contribution in [3.8, 4) is 0 Å². The van der Waals surface area contributed by atoms with Crippen LogP contribution in [0.3, 0.4) is 0 Å².